The zero-order valence-electron chi connectivity index (χ0n) is 13.0. The van der Waals surface area contributed by atoms with Gasteiger partial charge in [-0.05, 0) is 56.6 Å². The van der Waals surface area contributed by atoms with Gasteiger partial charge in [0.25, 0.3) is 0 Å². The average molecular weight is 325 g/mol. The van der Waals surface area contributed by atoms with Crippen LogP contribution in [0.2, 0.25) is 0 Å². The molecule has 2 heterocycles. The van der Waals surface area contributed by atoms with Crippen molar-refractivity contribution in [2.45, 2.75) is 37.9 Å². The van der Waals surface area contributed by atoms with E-state index in [-0.39, 0.29) is 6.04 Å². The SMILES string of the molecule is NCCCN1CCCCC1c1c[nH]c2cccc(C(F)(F)F)c12. The molecule has 0 spiro atoms. The van der Waals surface area contributed by atoms with Gasteiger partial charge in [0.15, 0.2) is 0 Å². The zero-order chi connectivity index (χ0) is 16.4. The van der Waals surface area contributed by atoms with E-state index >= 15 is 0 Å². The fraction of sp³-hybridized carbons (Fsp3) is 0.529. The van der Waals surface area contributed by atoms with Crippen molar-refractivity contribution in [1.82, 2.24) is 9.88 Å². The fourth-order valence-electron chi connectivity index (χ4n) is 3.62. The highest BCUT2D eigenvalue weighted by Crippen LogP contribution is 2.41. The van der Waals surface area contributed by atoms with Crippen LogP contribution in [0.4, 0.5) is 13.2 Å². The molecule has 1 aromatic heterocycles. The van der Waals surface area contributed by atoms with Gasteiger partial charge >= 0.3 is 6.18 Å². The molecule has 0 amide bonds. The molecule has 126 valence electrons. The Morgan fingerprint density at radius 2 is 2.09 bits per heavy atom. The number of aromatic amines is 1. The van der Waals surface area contributed by atoms with Crippen molar-refractivity contribution in [1.29, 1.82) is 0 Å². The standard InChI is InChI=1S/C17H22F3N3/c18-17(19,20)13-5-3-6-14-16(13)12(11-22-14)15-7-1-2-9-23(15)10-4-8-21/h3,5-6,11,15,22H,1-2,4,7-10,21H2. The molecular formula is C17H22F3N3. The lowest BCUT2D eigenvalue weighted by molar-refractivity contribution is -0.136. The number of fused-ring (bicyclic) bond motifs is 1. The lowest BCUT2D eigenvalue weighted by Gasteiger charge is -2.36. The summed E-state index contributed by atoms with van der Waals surface area (Å²) in [5.74, 6) is 0. The third kappa shape index (κ3) is 3.23. The molecular weight excluding hydrogens is 303 g/mol. The molecule has 3 N–H and O–H groups in total. The average Bonchev–Trinajstić information content (AvgIpc) is 2.96. The maximum absolute atomic E-state index is 13.4. The molecule has 0 saturated carbocycles. The Morgan fingerprint density at radius 1 is 1.26 bits per heavy atom. The first-order chi connectivity index (χ1) is 11.0. The van der Waals surface area contributed by atoms with Crippen molar-refractivity contribution in [3.05, 3.63) is 35.5 Å². The Hall–Kier alpha value is -1.53. The van der Waals surface area contributed by atoms with Gasteiger partial charge in [-0.15, -0.1) is 0 Å². The Morgan fingerprint density at radius 3 is 2.83 bits per heavy atom. The summed E-state index contributed by atoms with van der Waals surface area (Å²) in [6.07, 6.45) is 1.31. The number of nitrogens with one attached hydrogen (secondary N) is 1. The first-order valence-electron chi connectivity index (χ1n) is 8.13. The quantitative estimate of drug-likeness (QED) is 0.890. The van der Waals surface area contributed by atoms with E-state index in [4.69, 9.17) is 5.73 Å². The van der Waals surface area contributed by atoms with Crippen molar-refractivity contribution >= 4 is 10.9 Å². The number of halogens is 3. The largest absolute Gasteiger partial charge is 0.417 e. The summed E-state index contributed by atoms with van der Waals surface area (Å²) in [7, 11) is 0. The van der Waals surface area contributed by atoms with Crippen LogP contribution in [0, 0.1) is 0 Å². The highest BCUT2D eigenvalue weighted by molar-refractivity contribution is 5.87. The number of H-pyrrole nitrogens is 1. The van der Waals surface area contributed by atoms with Crippen molar-refractivity contribution < 1.29 is 13.2 Å². The number of aromatic nitrogens is 1. The van der Waals surface area contributed by atoms with Crippen LogP contribution in [-0.4, -0.2) is 29.5 Å². The molecule has 0 bridgehead atoms. The minimum Gasteiger partial charge on any atom is -0.361 e. The van der Waals surface area contributed by atoms with Crippen LogP contribution in [0.25, 0.3) is 10.9 Å². The second kappa shape index (κ2) is 6.53. The Bertz CT molecular complexity index is 663. The molecule has 1 saturated heterocycles. The van der Waals surface area contributed by atoms with E-state index in [2.05, 4.69) is 9.88 Å². The molecule has 6 heteroatoms. The summed E-state index contributed by atoms with van der Waals surface area (Å²) < 4.78 is 40.2. The second-order valence-electron chi connectivity index (χ2n) is 6.16. The van der Waals surface area contributed by atoms with Gasteiger partial charge in [0.1, 0.15) is 0 Å². The molecule has 1 atom stereocenters. The smallest absolute Gasteiger partial charge is 0.361 e. The van der Waals surface area contributed by atoms with Gasteiger partial charge in [0, 0.05) is 23.1 Å². The first-order valence-corrected chi connectivity index (χ1v) is 8.13. The lowest BCUT2D eigenvalue weighted by Crippen LogP contribution is -2.35. The molecule has 1 aliphatic heterocycles. The fourth-order valence-corrected chi connectivity index (χ4v) is 3.62. The third-order valence-electron chi connectivity index (χ3n) is 4.66. The van der Waals surface area contributed by atoms with Gasteiger partial charge in [0.2, 0.25) is 0 Å². The number of rotatable bonds is 4. The van der Waals surface area contributed by atoms with Crippen LogP contribution < -0.4 is 5.73 Å². The minimum absolute atomic E-state index is 0.0348. The van der Waals surface area contributed by atoms with Gasteiger partial charge in [0.05, 0.1) is 5.56 Å². The van der Waals surface area contributed by atoms with Gasteiger partial charge < -0.3 is 10.7 Å². The van der Waals surface area contributed by atoms with Crippen LogP contribution in [0.15, 0.2) is 24.4 Å². The van der Waals surface area contributed by atoms with Crippen molar-refractivity contribution in [3.63, 3.8) is 0 Å². The van der Waals surface area contributed by atoms with E-state index in [1.807, 2.05) is 0 Å². The summed E-state index contributed by atoms with van der Waals surface area (Å²) >= 11 is 0. The van der Waals surface area contributed by atoms with Crippen LogP contribution in [0.1, 0.15) is 42.9 Å². The molecule has 23 heavy (non-hydrogen) atoms. The first kappa shape index (κ1) is 16.3. The summed E-state index contributed by atoms with van der Waals surface area (Å²) in [4.78, 5) is 5.31. The predicted molar refractivity (Wildman–Crippen MR) is 85.1 cm³/mol. The highest BCUT2D eigenvalue weighted by atomic mass is 19.4. The number of nitrogens with two attached hydrogens (primary N) is 1. The molecule has 3 nitrogen and oxygen atoms in total. The zero-order valence-corrected chi connectivity index (χ0v) is 13.0. The van der Waals surface area contributed by atoms with Gasteiger partial charge in [-0.3, -0.25) is 4.90 Å². The van der Waals surface area contributed by atoms with Crippen molar-refractivity contribution in [2.24, 2.45) is 5.73 Å². The van der Waals surface area contributed by atoms with Gasteiger partial charge in [-0.1, -0.05) is 12.5 Å². The Kier molecular flexibility index (Phi) is 4.64. The highest BCUT2D eigenvalue weighted by Gasteiger charge is 2.35. The molecule has 0 aliphatic carbocycles. The number of benzene rings is 1. The van der Waals surface area contributed by atoms with Crippen molar-refractivity contribution in [2.75, 3.05) is 19.6 Å². The van der Waals surface area contributed by atoms with Gasteiger partial charge in [-0.2, -0.15) is 13.2 Å². The number of piperidine rings is 1. The van der Waals surface area contributed by atoms with Crippen molar-refractivity contribution in [3.8, 4) is 0 Å². The topological polar surface area (TPSA) is 45.0 Å². The third-order valence-corrected chi connectivity index (χ3v) is 4.66. The molecule has 1 aromatic carbocycles. The summed E-state index contributed by atoms with van der Waals surface area (Å²) in [5, 5.41) is 0.324. The van der Waals surface area contributed by atoms with Crippen LogP contribution in [-0.2, 0) is 6.18 Å². The van der Waals surface area contributed by atoms with Crippen LogP contribution >= 0.6 is 0 Å². The van der Waals surface area contributed by atoms with E-state index in [1.165, 1.54) is 12.1 Å². The Labute approximate surface area is 133 Å². The van der Waals surface area contributed by atoms with Gasteiger partial charge in [-0.25, -0.2) is 0 Å². The lowest BCUT2D eigenvalue weighted by atomic mass is 9.93. The molecule has 1 unspecified atom stereocenters. The minimum atomic E-state index is -4.34. The maximum atomic E-state index is 13.4. The summed E-state index contributed by atoms with van der Waals surface area (Å²) in [6.45, 7) is 2.36. The number of hydrogen-bond donors (Lipinski definition) is 2. The molecule has 1 fully saturated rings. The summed E-state index contributed by atoms with van der Waals surface area (Å²) in [5.41, 5.74) is 6.38. The number of likely N-dealkylation sites (tertiary alicyclic amines) is 1. The second-order valence-corrected chi connectivity index (χ2v) is 6.16. The molecule has 2 aromatic rings. The summed E-state index contributed by atoms with van der Waals surface area (Å²) in [6, 6.07) is 4.37. The Balaban J connectivity index is 2.04. The maximum Gasteiger partial charge on any atom is 0.417 e. The monoisotopic (exact) mass is 325 g/mol. The van der Waals surface area contributed by atoms with E-state index in [0.29, 0.717) is 17.4 Å². The number of alkyl halides is 3. The molecule has 3 rings (SSSR count). The van der Waals surface area contributed by atoms with Crippen LogP contribution in [0.5, 0.6) is 0 Å². The predicted octanol–water partition coefficient (Wildman–Crippen LogP) is 4.06. The van der Waals surface area contributed by atoms with E-state index < -0.39 is 11.7 Å². The normalized spacial score (nSPS) is 20.3. The van der Waals surface area contributed by atoms with E-state index in [9.17, 15) is 13.2 Å². The van der Waals surface area contributed by atoms with Crippen LogP contribution in [0.3, 0.4) is 0 Å². The number of nitrogens with zero attached hydrogens (tertiary/aromatic N) is 1. The number of hydrogen-bond acceptors (Lipinski definition) is 2. The molecule has 0 radical (unpaired) electrons. The van der Waals surface area contributed by atoms with E-state index in [1.54, 1.807) is 12.3 Å². The molecule has 1 aliphatic rings. The van der Waals surface area contributed by atoms with E-state index in [0.717, 1.165) is 44.3 Å².